The van der Waals surface area contributed by atoms with Gasteiger partial charge >= 0.3 is 6.18 Å². The molecule has 10 heteroatoms. The zero-order valence-electron chi connectivity index (χ0n) is 13.9. The molecule has 0 amide bonds. The Labute approximate surface area is 165 Å². The number of aromatic nitrogens is 2. The van der Waals surface area contributed by atoms with Gasteiger partial charge in [0.25, 0.3) is 0 Å². The number of rotatable bonds is 6. The summed E-state index contributed by atoms with van der Waals surface area (Å²) in [5.74, 6) is 0.633. The van der Waals surface area contributed by atoms with Gasteiger partial charge in [0.1, 0.15) is 0 Å². The molecule has 2 aromatic rings. The average molecular weight is 487 g/mol. The second kappa shape index (κ2) is 10.00. The Balaban J connectivity index is 0.00000312. The summed E-state index contributed by atoms with van der Waals surface area (Å²) < 4.78 is 39.5. The van der Waals surface area contributed by atoms with Gasteiger partial charge in [-0.2, -0.15) is 13.2 Å². The van der Waals surface area contributed by atoms with E-state index in [4.69, 9.17) is 0 Å². The molecule has 2 N–H and O–H groups in total. The lowest BCUT2D eigenvalue weighted by Crippen LogP contribution is -2.38. The number of halogens is 4. The van der Waals surface area contributed by atoms with Crippen LogP contribution in [-0.2, 0) is 26.2 Å². The molecule has 2 rings (SSSR count). The van der Waals surface area contributed by atoms with Crippen LogP contribution in [0.5, 0.6) is 0 Å². The second-order valence-corrected chi connectivity index (χ2v) is 6.12. The predicted octanol–water partition coefficient (Wildman–Crippen LogP) is 3.42. The lowest BCUT2D eigenvalue weighted by Gasteiger charge is -2.10. The maximum absolute atomic E-state index is 12.5. The van der Waals surface area contributed by atoms with Crippen molar-refractivity contribution < 1.29 is 13.2 Å². The van der Waals surface area contributed by atoms with E-state index in [0.717, 1.165) is 22.3 Å². The van der Waals surface area contributed by atoms with Crippen molar-refractivity contribution in [2.24, 2.45) is 12.0 Å². The van der Waals surface area contributed by atoms with Crippen molar-refractivity contribution in [3.63, 3.8) is 0 Å². The van der Waals surface area contributed by atoms with E-state index in [1.165, 1.54) is 0 Å². The van der Waals surface area contributed by atoms with Crippen LogP contribution in [0.4, 0.5) is 13.2 Å². The van der Waals surface area contributed by atoms with Crippen LogP contribution >= 0.6 is 35.3 Å². The van der Waals surface area contributed by atoms with E-state index in [0.29, 0.717) is 37.0 Å². The van der Waals surface area contributed by atoms with Crippen LogP contribution in [0.3, 0.4) is 0 Å². The van der Waals surface area contributed by atoms with E-state index in [1.54, 1.807) is 0 Å². The number of hydrogen-bond acceptors (Lipinski definition) is 3. The molecule has 25 heavy (non-hydrogen) atoms. The van der Waals surface area contributed by atoms with Gasteiger partial charge in [-0.15, -0.1) is 35.3 Å². The van der Waals surface area contributed by atoms with Gasteiger partial charge in [-0.3, -0.25) is 0 Å². The van der Waals surface area contributed by atoms with Crippen molar-refractivity contribution in [1.29, 1.82) is 0 Å². The van der Waals surface area contributed by atoms with Gasteiger partial charge in [-0.05, 0) is 18.6 Å². The standard InChI is InChI=1S/C15H20F3N5S.HI/c1-3-19-14(21-8-11-5-7-23(2)9-11)20-6-4-13-22-12(10-24-13)15(16,17)18;/h5,7,9-10H,3-4,6,8H2,1-2H3,(H2,19,20,21);1H. The molecule has 0 spiro atoms. The molecule has 0 aromatic carbocycles. The molecule has 2 aromatic heterocycles. The number of aryl methyl sites for hydroxylation is 1. The Morgan fingerprint density at radius 1 is 1.36 bits per heavy atom. The first kappa shape index (κ1) is 21.7. The van der Waals surface area contributed by atoms with Crippen LogP contribution in [0.25, 0.3) is 0 Å². The SMILES string of the molecule is CCNC(=NCc1ccn(C)c1)NCCc1nc(C(F)(F)F)cs1.I. The minimum absolute atomic E-state index is 0. The van der Waals surface area contributed by atoms with Crippen molar-refractivity contribution in [2.45, 2.75) is 26.1 Å². The second-order valence-electron chi connectivity index (χ2n) is 5.18. The summed E-state index contributed by atoms with van der Waals surface area (Å²) in [6.45, 7) is 3.66. The Bertz CT molecular complexity index is 681. The average Bonchev–Trinajstić information content (AvgIpc) is 3.13. The third-order valence-corrected chi connectivity index (χ3v) is 4.04. The maximum Gasteiger partial charge on any atom is 0.434 e. The third kappa shape index (κ3) is 7.22. The first-order valence-electron chi connectivity index (χ1n) is 7.53. The van der Waals surface area contributed by atoms with Crippen molar-refractivity contribution in [3.05, 3.63) is 40.1 Å². The van der Waals surface area contributed by atoms with E-state index < -0.39 is 11.9 Å². The fourth-order valence-electron chi connectivity index (χ4n) is 2.01. The monoisotopic (exact) mass is 487 g/mol. The van der Waals surface area contributed by atoms with Crippen molar-refractivity contribution in [1.82, 2.24) is 20.2 Å². The summed E-state index contributed by atoms with van der Waals surface area (Å²) in [7, 11) is 1.94. The molecule has 0 atom stereocenters. The van der Waals surface area contributed by atoms with Gasteiger partial charge in [0.15, 0.2) is 11.7 Å². The van der Waals surface area contributed by atoms with Gasteiger partial charge < -0.3 is 15.2 Å². The highest BCUT2D eigenvalue weighted by Crippen LogP contribution is 2.29. The van der Waals surface area contributed by atoms with Gasteiger partial charge in [0.05, 0.1) is 11.6 Å². The smallest absolute Gasteiger partial charge is 0.357 e. The maximum atomic E-state index is 12.5. The van der Waals surface area contributed by atoms with Crippen LogP contribution in [0.1, 0.15) is 23.2 Å². The normalized spacial score (nSPS) is 12.0. The lowest BCUT2D eigenvalue weighted by molar-refractivity contribution is -0.140. The fraction of sp³-hybridized carbons (Fsp3) is 0.467. The van der Waals surface area contributed by atoms with Crippen molar-refractivity contribution in [3.8, 4) is 0 Å². The quantitative estimate of drug-likeness (QED) is 0.373. The first-order chi connectivity index (χ1) is 11.4. The Kier molecular flexibility index (Phi) is 8.69. The number of nitrogens with zero attached hydrogens (tertiary/aromatic N) is 3. The van der Waals surface area contributed by atoms with Crippen LogP contribution in [0, 0.1) is 0 Å². The number of aliphatic imine (C=N–C) groups is 1. The largest absolute Gasteiger partial charge is 0.434 e. The summed E-state index contributed by atoms with van der Waals surface area (Å²) in [4.78, 5) is 8.07. The number of guanidine groups is 1. The zero-order valence-corrected chi connectivity index (χ0v) is 17.1. The molecule has 0 saturated heterocycles. The molecule has 2 heterocycles. The molecule has 0 fully saturated rings. The van der Waals surface area contributed by atoms with E-state index in [-0.39, 0.29) is 24.0 Å². The molecule has 0 aliphatic rings. The van der Waals surface area contributed by atoms with E-state index in [2.05, 4.69) is 20.6 Å². The Hall–Kier alpha value is -1.30. The highest BCUT2D eigenvalue weighted by Gasteiger charge is 2.33. The van der Waals surface area contributed by atoms with Gasteiger partial charge in [-0.1, -0.05) is 0 Å². The Morgan fingerprint density at radius 2 is 2.12 bits per heavy atom. The Morgan fingerprint density at radius 3 is 2.68 bits per heavy atom. The molecular weight excluding hydrogens is 466 g/mol. The summed E-state index contributed by atoms with van der Waals surface area (Å²) >= 11 is 1.02. The third-order valence-electron chi connectivity index (χ3n) is 3.13. The molecular formula is C15H21F3IN5S. The summed E-state index contributed by atoms with van der Waals surface area (Å²) in [6.07, 6.45) is -0.0298. The zero-order chi connectivity index (χ0) is 17.6. The summed E-state index contributed by atoms with van der Waals surface area (Å²) in [5, 5.41) is 7.72. The molecule has 0 radical (unpaired) electrons. The molecule has 140 valence electrons. The predicted molar refractivity (Wildman–Crippen MR) is 104 cm³/mol. The summed E-state index contributed by atoms with van der Waals surface area (Å²) in [6, 6.07) is 1.99. The van der Waals surface area contributed by atoms with E-state index >= 15 is 0 Å². The number of hydrogen-bond donors (Lipinski definition) is 2. The first-order valence-corrected chi connectivity index (χ1v) is 8.41. The van der Waals surface area contributed by atoms with Gasteiger partial charge in [0, 0.05) is 44.3 Å². The molecule has 0 unspecified atom stereocenters. The van der Waals surface area contributed by atoms with E-state index in [1.807, 2.05) is 37.0 Å². The van der Waals surface area contributed by atoms with E-state index in [9.17, 15) is 13.2 Å². The lowest BCUT2D eigenvalue weighted by atomic mass is 10.3. The van der Waals surface area contributed by atoms with Crippen molar-refractivity contribution >= 4 is 41.3 Å². The number of alkyl halides is 3. The summed E-state index contributed by atoms with van der Waals surface area (Å²) in [5.41, 5.74) is 0.261. The van der Waals surface area contributed by atoms with Crippen LogP contribution in [0.2, 0.25) is 0 Å². The topological polar surface area (TPSA) is 54.2 Å². The fourth-order valence-corrected chi connectivity index (χ4v) is 2.82. The minimum atomic E-state index is -4.38. The molecule has 0 saturated carbocycles. The van der Waals surface area contributed by atoms with Crippen LogP contribution in [-0.4, -0.2) is 28.6 Å². The van der Waals surface area contributed by atoms with Gasteiger partial charge in [-0.25, -0.2) is 9.98 Å². The highest BCUT2D eigenvalue weighted by atomic mass is 127. The number of thiazole rings is 1. The van der Waals surface area contributed by atoms with Crippen LogP contribution < -0.4 is 10.6 Å². The molecule has 0 aliphatic carbocycles. The minimum Gasteiger partial charge on any atom is -0.357 e. The van der Waals surface area contributed by atoms with Crippen LogP contribution in [0.15, 0.2) is 28.8 Å². The van der Waals surface area contributed by atoms with Gasteiger partial charge in [0.2, 0.25) is 0 Å². The number of nitrogens with one attached hydrogen (secondary N) is 2. The molecule has 0 aliphatic heterocycles. The molecule has 0 bridgehead atoms. The van der Waals surface area contributed by atoms with Crippen molar-refractivity contribution in [2.75, 3.05) is 13.1 Å². The molecule has 5 nitrogen and oxygen atoms in total. The highest BCUT2D eigenvalue weighted by molar-refractivity contribution is 14.0.